The molecule has 1 aromatic carbocycles. The molecule has 0 fully saturated rings. The number of carboxylic acids is 1. The molecule has 0 radical (unpaired) electrons. The first-order valence-corrected chi connectivity index (χ1v) is 6.65. The molecular weight excluding hydrogens is 315 g/mol. The van der Waals surface area contributed by atoms with Crippen LogP contribution >= 0.6 is 23.2 Å². The summed E-state index contributed by atoms with van der Waals surface area (Å²) >= 11 is 11.5. The van der Waals surface area contributed by atoms with Crippen LogP contribution in [0.25, 0.3) is 0 Å². The first kappa shape index (κ1) is 15.3. The zero-order chi connectivity index (χ0) is 15.4. The monoisotopic (exact) mass is 324 g/mol. The molecule has 2 aromatic rings. The van der Waals surface area contributed by atoms with Crippen molar-refractivity contribution in [1.82, 2.24) is 4.98 Å². The molecule has 0 unspecified atom stereocenters. The van der Waals surface area contributed by atoms with Gasteiger partial charge < -0.3 is 10.4 Å². The number of aliphatic carboxylic acids is 1. The SMILES string of the molecule is O=C(O)Cc1ccccc1NC(=O)c1cnc(Cl)c(Cl)c1. The molecule has 2 rings (SSSR count). The van der Waals surface area contributed by atoms with Crippen molar-refractivity contribution in [1.29, 1.82) is 0 Å². The Morgan fingerprint density at radius 1 is 1.24 bits per heavy atom. The standard InChI is InChI=1S/C14H10Cl2N2O3/c15-10-5-9(7-17-13(10)16)14(21)18-11-4-2-1-3-8(11)6-12(19)20/h1-5,7H,6H2,(H,18,21)(H,19,20). The van der Waals surface area contributed by atoms with Crippen molar-refractivity contribution >= 4 is 40.8 Å². The highest BCUT2D eigenvalue weighted by Crippen LogP contribution is 2.21. The van der Waals surface area contributed by atoms with E-state index in [4.69, 9.17) is 28.3 Å². The normalized spacial score (nSPS) is 10.2. The zero-order valence-corrected chi connectivity index (χ0v) is 12.1. The van der Waals surface area contributed by atoms with Crippen LogP contribution in [0.2, 0.25) is 10.2 Å². The largest absolute Gasteiger partial charge is 0.481 e. The molecule has 0 spiro atoms. The van der Waals surface area contributed by atoms with Crippen LogP contribution in [0.3, 0.4) is 0 Å². The minimum atomic E-state index is -0.979. The van der Waals surface area contributed by atoms with Crippen LogP contribution in [0.4, 0.5) is 5.69 Å². The average Bonchev–Trinajstić information content (AvgIpc) is 2.43. The van der Waals surface area contributed by atoms with Crippen molar-refractivity contribution in [3.8, 4) is 0 Å². The number of nitrogens with one attached hydrogen (secondary N) is 1. The molecule has 1 amide bonds. The summed E-state index contributed by atoms with van der Waals surface area (Å²) < 4.78 is 0. The fourth-order valence-corrected chi connectivity index (χ4v) is 1.97. The fourth-order valence-electron chi connectivity index (χ4n) is 1.70. The van der Waals surface area contributed by atoms with Crippen molar-refractivity contribution in [3.05, 3.63) is 57.8 Å². The maximum Gasteiger partial charge on any atom is 0.307 e. The van der Waals surface area contributed by atoms with Crippen LogP contribution in [-0.4, -0.2) is 22.0 Å². The Balaban J connectivity index is 2.23. The summed E-state index contributed by atoms with van der Waals surface area (Å²) in [7, 11) is 0. The topological polar surface area (TPSA) is 79.3 Å². The second kappa shape index (κ2) is 6.56. The van der Waals surface area contributed by atoms with Crippen LogP contribution in [-0.2, 0) is 11.2 Å². The minimum absolute atomic E-state index is 0.111. The number of amides is 1. The number of aromatic nitrogens is 1. The Hall–Kier alpha value is -2.11. The van der Waals surface area contributed by atoms with Gasteiger partial charge in [0.05, 0.1) is 17.0 Å². The molecule has 21 heavy (non-hydrogen) atoms. The Kier molecular flexibility index (Phi) is 4.77. The first-order chi connectivity index (χ1) is 9.97. The third-order valence-electron chi connectivity index (χ3n) is 2.67. The number of hydrogen-bond acceptors (Lipinski definition) is 3. The number of rotatable bonds is 4. The van der Waals surface area contributed by atoms with E-state index in [9.17, 15) is 9.59 Å². The van der Waals surface area contributed by atoms with Crippen LogP contribution in [0.15, 0.2) is 36.5 Å². The van der Waals surface area contributed by atoms with Gasteiger partial charge in [0.25, 0.3) is 5.91 Å². The van der Waals surface area contributed by atoms with E-state index < -0.39 is 11.9 Å². The summed E-state index contributed by atoms with van der Waals surface area (Å²) in [5.41, 5.74) is 1.16. The van der Waals surface area contributed by atoms with Gasteiger partial charge in [0.2, 0.25) is 0 Å². The van der Waals surface area contributed by atoms with E-state index in [2.05, 4.69) is 10.3 Å². The van der Waals surface area contributed by atoms with Gasteiger partial charge in [0.1, 0.15) is 5.15 Å². The molecule has 0 aliphatic heterocycles. The van der Waals surface area contributed by atoms with Gasteiger partial charge in [-0.15, -0.1) is 0 Å². The number of pyridine rings is 1. The van der Waals surface area contributed by atoms with E-state index in [1.54, 1.807) is 24.3 Å². The number of carboxylic acid groups (broad SMARTS) is 1. The van der Waals surface area contributed by atoms with Crippen LogP contribution in [0, 0.1) is 0 Å². The van der Waals surface area contributed by atoms with Crippen molar-refractivity contribution in [2.75, 3.05) is 5.32 Å². The Bertz CT molecular complexity index is 704. The van der Waals surface area contributed by atoms with E-state index >= 15 is 0 Å². The van der Waals surface area contributed by atoms with Crippen LogP contribution in [0.5, 0.6) is 0 Å². The van der Waals surface area contributed by atoms with Crippen molar-refractivity contribution in [2.24, 2.45) is 0 Å². The van der Waals surface area contributed by atoms with Gasteiger partial charge in [-0.3, -0.25) is 9.59 Å². The summed E-state index contributed by atoms with van der Waals surface area (Å²) in [5.74, 6) is -1.42. The van der Waals surface area contributed by atoms with Crippen LogP contribution in [0.1, 0.15) is 15.9 Å². The summed E-state index contributed by atoms with van der Waals surface area (Å²) in [6, 6.07) is 8.06. The smallest absolute Gasteiger partial charge is 0.307 e. The number of carbonyl (C=O) groups is 2. The molecule has 1 aromatic heterocycles. The molecule has 0 saturated heterocycles. The van der Waals surface area contributed by atoms with E-state index in [-0.39, 0.29) is 22.2 Å². The third-order valence-corrected chi connectivity index (χ3v) is 3.35. The molecule has 7 heteroatoms. The number of para-hydroxylation sites is 1. The van der Waals surface area contributed by atoms with Gasteiger partial charge in [-0.05, 0) is 17.7 Å². The number of carbonyl (C=O) groups excluding carboxylic acids is 1. The predicted octanol–water partition coefficient (Wildman–Crippen LogP) is 3.27. The molecule has 2 N–H and O–H groups in total. The lowest BCUT2D eigenvalue weighted by molar-refractivity contribution is -0.136. The lowest BCUT2D eigenvalue weighted by Gasteiger charge is -2.10. The van der Waals surface area contributed by atoms with Gasteiger partial charge in [0.15, 0.2) is 0 Å². The first-order valence-electron chi connectivity index (χ1n) is 5.89. The third kappa shape index (κ3) is 3.93. The number of hydrogen-bond donors (Lipinski definition) is 2. The average molecular weight is 325 g/mol. The van der Waals surface area contributed by atoms with Gasteiger partial charge in [-0.1, -0.05) is 41.4 Å². The lowest BCUT2D eigenvalue weighted by atomic mass is 10.1. The summed E-state index contributed by atoms with van der Waals surface area (Å²) in [6.45, 7) is 0. The Morgan fingerprint density at radius 2 is 1.95 bits per heavy atom. The number of halogens is 2. The summed E-state index contributed by atoms with van der Waals surface area (Å²) in [4.78, 5) is 26.7. The number of nitrogens with zero attached hydrogens (tertiary/aromatic N) is 1. The van der Waals surface area contributed by atoms with E-state index in [1.165, 1.54) is 12.3 Å². The zero-order valence-electron chi connectivity index (χ0n) is 10.6. The number of benzene rings is 1. The van der Waals surface area contributed by atoms with Gasteiger partial charge >= 0.3 is 5.97 Å². The number of anilines is 1. The highest BCUT2D eigenvalue weighted by atomic mass is 35.5. The molecule has 0 atom stereocenters. The fraction of sp³-hybridized carbons (Fsp3) is 0.0714. The summed E-state index contributed by atoms with van der Waals surface area (Å²) in [6.07, 6.45) is 1.11. The second-order valence-electron chi connectivity index (χ2n) is 4.18. The Morgan fingerprint density at radius 3 is 2.62 bits per heavy atom. The lowest BCUT2D eigenvalue weighted by Crippen LogP contribution is -2.14. The van der Waals surface area contributed by atoms with E-state index in [0.717, 1.165) is 0 Å². The maximum absolute atomic E-state index is 12.1. The molecule has 1 heterocycles. The van der Waals surface area contributed by atoms with Crippen molar-refractivity contribution < 1.29 is 14.7 Å². The Labute approximate surface area is 130 Å². The van der Waals surface area contributed by atoms with Crippen molar-refractivity contribution in [2.45, 2.75) is 6.42 Å². The second-order valence-corrected chi connectivity index (χ2v) is 4.94. The van der Waals surface area contributed by atoms with Crippen LogP contribution < -0.4 is 5.32 Å². The molecular formula is C14H10Cl2N2O3. The van der Waals surface area contributed by atoms with E-state index in [0.29, 0.717) is 11.3 Å². The molecule has 0 aliphatic rings. The minimum Gasteiger partial charge on any atom is -0.481 e. The maximum atomic E-state index is 12.1. The molecule has 108 valence electrons. The quantitative estimate of drug-likeness (QED) is 0.846. The van der Waals surface area contributed by atoms with Gasteiger partial charge in [0, 0.05) is 11.9 Å². The molecule has 0 aliphatic carbocycles. The highest BCUT2D eigenvalue weighted by molar-refractivity contribution is 6.41. The molecule has 5 nitrogen and oxygen atoms in total. The molecule has 0 saturated carbocycles. The highest BCUT2D eigenvalue weighted by Gasteiger charge is 2.12. The van der Waals surface area contributed by atoms with Gasteiger partial charge in [-0.2, -0.15) is 0 Å². The molecule has 0 bridgehead atoms. The summed E-state index contributed by atoms with van der Waals surface area (Å²) in [5, 5.41) is 11.8. The van der Waals surface area contributed by atoms with E-state index in [1.807, 2.05) is 0 Å². The predicted molar refractivity (Wildman–Crippen MR) is 80.0 cm³/mol. The van der Waals surface area contributed by atoms with Gasteiger partial charge in [-0.25, -0.2) is 4.98 Å². The van der Waals surface area contributed by atoms with Crippen molar-refractivity contribution in [3.63, 3.8) is 0 Å².